The summed E-state index contributed by atoms with van der Waals surface area (Å²) < 4.78 is 10.5. The number of fused-ring (bicyclic) bond motifs is 1. The molecule has 0 bridgehead atoms. The van der Waals surface area contributed by atoms with Crippen molar-refractivity contribution in [3.63, 3.8) is 0 Å². The molecule has 0 aliphatic rings. The first-order valence-corrected chi connectivity index (χ1v) is 13.0. The van der Waals surface area contributed by atoms with Crippen LogP contribution in [0.1, 0.15) is 16.7 Å². The van der Waals surface area contributed by atoms with Crippen molar-refractivity contribution in [3.05, 3.63) is 114 Å². The van der Waals surface area contributed by atoms with Gasteiger partial charge in [-0.15, -0.1) is 0 Å². The number of ketones is 1. The Morgan fingerprint density at radius 3 is 2.08 bits per heavy atom. The maximum atomic E-state index is 13.5. The summed E-state index contributed by atoms with van der Waals surface area (Å²) in [6.07, 6.45) is -0.430. The average Bonchev–Trinajstić information content (AvgIpc) is 2.99. The zero-order valence-electron chi connectivity index (χ0n) is 22.2. The molecule has 0 aliphatic heterocycles. The Morgan fingerprint density at radius 2 is 1.38 bits per heavy atom. The number of nitrogens with one attached hydrogen (secondary N) is 2. The molecule has 3 N–H and O–H groups in total. The number of amides is 2. The summed E-state index contributed by atoms with van der Waals surface area (Å²) in [7, 11) is 1.56. The van der Waals surface area contributed by atoms with Crippen molar-refractivity contribution in [1.82, 2.24) is 10.6 Å². The van der Waals surface area contributed by atoms with Gasteiger partial charge in [-0.2, -0.15) is 0 Å². The Hall–Kier alpha value is -4.69. The molecule has 4 aromatic carbocycles. The third-order valence-corrected chi connectivity index (χ3v) is 6.53. The van der Waals surface area contributed by atoms with Crippen LogP contribution < -0.4 is 15.4 Å². The number of carbonyl (C=O) groups is 3. The smallest absolute Gasteiger partial charge is 0.408 e. The van der Waals surface area contributed by atoms with Crippen LogP contribution in [0.5, 0.6) is 5.75 Å². The fourth-order valence-corrected chi connectivity index (χ4v) is 4.34. The van der Waals surface area contributed by atoms with Gasteiger partial charge in [0.15, 0.2) is 5.78 Å². The number of aliphatic hydroxyl groups is 1. The molecule has 8 nitrogen and oxygen atoms in total. The number of rotatable bonds is 12. The molecule has 0 aromatic heterocycles. The summed E-state index contributed by atoms with van der Waals surface area (Å²) in [6.45, 7) is -0.691. The van der Waals surface area contributed by atoms with Crippen molar-refractivity contribution < 1.29 is 29.0 Å². The number of alkyl carbamates (subject to hydrolysis) is 1. The molecular formula is C32H32N2O6. The lowest BCUT2D eigenvalue weighted by molar-refractivity contribution is -0.130. The van der Waals surface area contributed by atoms with Crippen molar-refractivity contribution in [3.8, 4) is 5.75 Å². The molecule has 4 rings (SSSR count). The van der Waals surface area contributed by atoms with Gasteiger partial charge in [0.1, 0.15) is 25.0 Å². The fraction of sp³-hybridized carbons (Fsp3) is 0.219. The Morgan fingerprint density at radius 1 is 0.725 bits per heavy atom. The van der Waals surface area contributed by atoms with Crippen LogP contribution in [0, 0.1) is 0 Å². The lowest BCUT2D eigenvalue weighted by Crippen LogP contribution is -2.53. The molecule has 0 spiro atoms. The first-order valence-electron chi connectivity index (χ1n) is 13.0. The van der Waals surface area contributed by atoms with E-state index in [0.717, 1.165) is 27.5 Å². The molecule has 0 saturated carbocycles. The summed E-state index contributed by atoms with van der Waals surface area (Å²) in [6, 6.07) is 27.9. The second-order valence-corrected chi connectivity index (χ2v) is 9.38. The second kappa shape index (κ2) is 13.9. The molecule has 2 amide bonds. The van der Waals surface area contributed by atoms with E-state index in [1.165, 1.54) is 0 Å². The molecule has 0 fully saturated rings. The summed E-state index contributed by atoms with van der Waals surface area (Å²) >= 11 is 0. The van der Waals surface area contributed by atoms with E-state index < -0.39 is 36.5 Å². The second-order valence-electron chi connectivity index (χ2n) is 9.38. The minimum Gasteiger partial charge on any atom is -0.497 e. The third-order valence-electron chi connectivity index (χ3n) is 6.53. The zero-order chi connectivity index (χ0) is 28.3. The number of benzene rings is 4. The summed E-state index contributed by atoms with van der Waals surface area (Å²) in [5, 5.41) is 17.0. The van der Waals surface area contributed by atoms with Gasteiger partial charge in [0.2, 0.25) is 5.91 Å². The molecule has 2 atom stereocenters. The van der Waals surface area contributed by atoms with Gasteiger partial charge >= 0.3 is 6.09 Å². The van der Waals surface area contributed by atoms with Crippen LogP contribution in [0.4, 0.5) is 4.79 Å². The van der Waals surface area contributed by atoms with E-state index >= 15 is 0 Å². The van der Waals surface area contributed by atoms with Gasteiger partial charge in [0.05, 0.1) is 13.2 Å². The Labute approximate surface area is 232 Å². The van der Waals surface area contributed by atoms with E-state index in [-0.39, 0.29) is 19.4 Å². The zero-order valence-corrected chi connectivity index (χ0v) is 22.2. The first kappa shape index (κ1) is 28.3. The van der Waals surface area contributed by atoms with Crippen LogP contribution in [0.2, 0.25) is 0 Å². The van der Waals surface area contributed by atoms with E-state index in [9.17, 15) is 19.5 Å². The van der Waals surface area contributed by atoms with Gasteiger partial charge in [-0.25, -0.2) is 4.79 Å². The molecule has 8 heteroatoms. The van der Waals surface area contributed by atoms with Crippen LogP contribution >= 0.6 is 0 Å². The highest BCUT2D eigenvalue weighted by Crippen LogP contribution is 2.18. The molecule has 4 aromatic rings. The predicted octanol–water partition coefficient (Wildman–Crippen LogP) is 3.97. The standard InChI is InChI=1S/C32H32N2O6/c1-39-27-15-12-22(13-16-27)18-28(30(36)20-35)33-31(37)29(34-32(38)40-21-23-7-3-2-4-8-23)19-24-11-14-25-9-5-6-10-26(25)17-24/h2-17,28-29,35H,18-21H2,1H3,(H,33,37)(H,34,38). The van der Waals surface area contributed by atoms with E-state index in [1.807, 2.05) is 72.8 Å². The molecule has 0 saturated heterocycles. The Bertz CT molecular complexity index is 1440. The summed E-state index contributed by atoms with van der Waals surface area (Å²) in [4.78, 5) is 38.8. The summed E-state index contributed by atoms with van der Waals surface area (Å²) in [5.74, 6) is -0.447. The lowest BCUT2D eigenvalue weighted by atomic mass is 9.99. The largest absolute Gasteiger partial charge is 0.497 e. The highest BCUT2D eigenvalue weighted by molar-refractivity contribution is 5.93. The van der Waals surface area contributed by atoms with E-state index in [0.29, 0.717) is 5.75 Å². The number of hydrogen-bond donors (Lipinski definition) is 3. The van der Waals surface area contributed by atoms with Gasteiger partial charge in [-0.3, -0.25) is 9.59 Å². The van der Waals surface area contributed by atoms with Crippen molar-refractivity contribution >= 4 is 28.6 Å². The molecule has 0 radical (unpaired) electrons. The van der Waals surface area contributed by atoms with E-state index in [4.69, 9.17) is 9.47 Å². The quantitative estimate of drug-likeness (QED) is 0.251. The minimum absolute atomic E-state index is 0.0417. The lowest BCUT2D eigenvalue weighted by Gasteiger charge is -2.23. The SMILES string of the molecule is COc1ccc(CC(NC(=O)C(Cc2ccc3ccccc3c2)NC(=O)OCc2ccccc2)C(=O)CO)cc1. The topological polar surface area (TPSA) is 114 Å². The summed E-state index contributed by atoms with van der Waals surface area (Å²) in [5.41, 5.74) is 2.40. The van der Waals surface area contributed by atoms with Crippen molar-refractivity contribution in [2.45, 2.75) is 31.5 Å². The van der Waals surface area contributed by atoms with E-state index in [1.54, 1.807) is 31.4 Å². The number of carbonyl (C=O) groups excluding carboxylic acids is 3. The van der Waals surface area contributed by atoms with E-state index in [2.05, 4.69) is 10.6 Å². The van der Waals surface area contributed by atoms with Crippen LogP contribution in [0.15, 0.2) is 97.1 Å². The number of methoxy groups -OCH3 is 1. The van der Waals surface area contributed by atoms with Crippen molar-refractivity contribution in [1.29, 1.82) is 0 Å². The first-order chi connectivity index (χ1) is 19.4. The Kier molecular flexibility index (Phi) is 9.85. The van der Waals surface area contributed by atoms with Gasteiger partial charge in [-0.1, -0.05) is 84.9 Å². The van der Waals surface area contributed by atoms with Crippen LogP contribution in [-0.4, -0.2) is 48.7 Å². The van der Waals surface area contributed by atoms with Crippen molar-refractivity contribution in [2.75, 3.05) is 13.7 Å². The van der Waals surface area contributed by atoms with Gasteiger partial charge in [-0.05, 0) is 46.0 Å². The molecule has 206 valence electrons. The van der Waals surface area contributed by atoms with Crippen molar-refractivity contribution in [2.24, 2.45) is 0 Å². The molecule has 40 heavy (non-hydrogen) atoms. The minimum atomic E-state index is -1.03. The monoisotopic (exact) mass is 540 g/mol. The van der Waals surface area contributed by atoms with Gasteiger partial charge in [0.25, 0.3) is 0 Å². The number of hydrogen-bond acceptors (Lipinski definition) is 6. The number of Topliss-reactive ketones (excluding diaryl/α,β-unsaturated/α-hetero) is 1. The Balaban J connectivity index is 1.51. The molecule has 0 aliphatic carbocycles. The van der Waals surface area contributed by atoms with Gasteiger partial charge < -0.3 is 25.2 Å². The molecular weight excluding hydrogens is 508 g/mol. The average molecular weight is 541 g/mol. The normalized spacial score (nSPS) is 12.2. The maximum Gasteiger partial charge on any atom is 0.408 e. The number of ether oxygens (including phenoxy) is 2. The van der Waals surface area contributed by atoms with Crippen LogP contribution in [0.25, 0.3) is 10.8 Å². The maximum absolute atomic E-state index is 13.5. The highest BCUT2D eigenvalue weighted by atomic mass is 16.5. The van der Waals surface area contributed by atoms with Crippen LogP contribution in [-0.2, 0) is 33.8 Å². The molecule has 0 heterocycles. The molecule has 2 unspecified atom stereocenters. The van der Waals surface area contributed by atoms with Crippen LogP contribution in [0.3, 0.4) is 0 Å². The fourth-order valence-electron chi connectivity index (χ4n) is 4.34. The third kappa shape index (κ3) is 7.91. The predicted molar refractivity (Wildman–Crippen MR) is 152 cm³/mol. The van der Waals surface area contributed by atoms with Gasteiger partial charge in [0, 0.05) is 6.42 Å². The number of aliphatic hydroxyl groups excluding tert-OH is 1. The highest BCUT2D eigenvalue weighted by Gasteiger charge is 2.27.